The number of hydrogen-bond donors (Lipinski definition) is 0. The van der Waals surface area contributed by atoms with Crippen molar-refractivity contribution in [3.8, 4) is 0 Å². The van der Waals surface area contributed by atoms with Gasteiger partial charge in [-0.05, 0) is 46.9 Å². The molecule has 23 heavy (non-hydrogen) atoms. The summed E-state index contributed by atoms with van der Waals surface area (Å²) < 4.78 is 4.00. The van der Waals surface area contributed by atoms with Crippen LogP contribution < -0.4 is 0 Å². The Labute approximate surface area is 136 Å². The molecule has 0 unspecified atom stereocenters. The van der Waals surface area contributed by atoms with Gasteiger partial charge in [-0.25, -0.2) is 9.50 Å². The van der Waals surface area contributed by atoms with Crippen LogP contribution in [0.3, 0.4) is 0 Å². The van der Waals surface area contributed by atoms with Gasteiger partial charge in [0.15, 0.2) is 5.65 Å². The molecular weight excluding hydrogens is 288 g/mol. The van der Waals surface area contributed by atoms with Crippen LogP contribution in [-0.2, 0) is 13.1 Å². The molecule has 3 rings (SSSR count). The molecule has 0 amide bonds. The first-order valence-electron chi connectivity index (χ1n) is 7.98. The predicted molar refractivity (Wildman–Crippen MR) is 90.2 cm³/mol. The summed E-state index contributed by atoms with van der Waals surface area (Å²) in [6, 6.07) is 6.48. The third-order valence-electron chi connectivity index (χ3n) is 4.20. The van der Waals surface area contributed by atoms with Crippen molar-refractivity contribution in [1.29, 1.82) is 0 Å². The molecule has 0 N–H and O–H groups in total. The first-order valence-corrected chi connectivity index (χ1v) is 7.98. The van der Waals surface area contributed by atoms with Gasteiger partial charge in [0.1, 0.15) is 6.33 Å². The van der Waals surface area contributed by atoms with E-state index in [4.69, 9.17) is 0 Å². The highest BCUT2D eigenvalue weighted by molar-refractivity contribution is 5.37. The lowest BCUT2D eigenvalue weighted by Gasteiger charge is -2.18. The molecule has 0 fully saturated rings. The smallest absolute Gasteiger partial charge is 0.155 e. The van der Waals surface area contributed by atoms with E-state index >= 15 is 0 Å². The highest BCUT2D eigenvalue weighted by atomic mass is 15.3. The van der Waals surface area contributed by atoms with Gasteiger partial charge in [0.25, 0.3) is 0 Å². The molecule has 0 saturated heterocycles. The minimum atomic E-state index is 0.386. The van der Waals surface area contributed by atoms with Gasteiger partial charge < -0.3 is 0 Å². The Morgan fingerprint density at radius 2 is 1.96 bits per heavy atom. The molecule has 6 heteroatoms. The van der Waals surface area contributed by atoms with E-state index in [1.54, 1.807) is 6.33 Å². The van der Waals surface area contributed by atoms with E-state index in [-0.39, 0.29) is 0 Å². The van der Waals surface area contributed by atoms with Gasteiger partial charge in [0.05, 0.1) is 11.4 Å². The fourth-order valence-corrected chi connectivity index (χ4v) is 3.05. The number of nitrogens with zero attached hydrogens (tertiary/aromatic N) is 6. The van der Waals surface area contributed by atoms with Gasteiger partial charge in [-0.3, -0.25) is 9.58 Å². The van der Waals surface area contributed by atoms with Crippen molar-refractivity contribution in [2.24, 2.45) is 0 Å². The lowest BCUT2D eigenvalue weighted by molar-refractivity contribution is 0.310. The Balaban J connectivity index is 1.80. The Morgan fingerprint density at radius 3 is 2.65 bits per heavy atom. The van der Waals surface area contributed by atoms with Crippen LogP contribution in [0.4, 0.5) is 0 Å². The summed E-state index contributed by atoms with van der Waals surface area (Å²) in [6.45, 7) is 10.3. The fourth-order valence-electron chi connectivity index (χ4n) is 3.05. The predicted octanol–water partition coefficient (Wildman–Crippen LogP) is 2.76. The van der Waals surface area contributed by atoms with Crippen LogP contribution in [0.5, 0.6) is 0 Å². The Bertz CT molecular complexity index is 814. The number of aromatic nitrogens is 5. The number of fused-ring (bicyclic) bond motifs is 1. The SMILES string of the molecule is Cc1nn(C(C)C)c(C)c1CN(C)Cc1cccc2ncnn12. The highest BCUT2D eigenvalue weighted by Crippen LogP contribution is 2.19. The van der Waals surface area contributed by atoms with Crippen LogP contribution in [0.2, 0.25) is 0 Å². The van der Waals surface area contributed by atoms with Gasteiger partial charge >= 0.3 is 0 Å². The highest BCUT2D eigenvalue weighted by Gasteiger charge is 2.15. The summed E-state index contributed by atoms with van der Waals surface area (Å²) in [4.78, 5) is 6.53. The third-order valence-corrected chi connectivity index (χ3v) is 4.20. The zero-order valence-electron chi connectivity index (χ0n) is 14.5. The summed E-state index contributed by atoms with van der Waals surface area (Å²) in [6.07, 6.45) is 1.60. The molecule has 0 bridgehead atoms. The third kappa shape index (κ3) is 2.99. The van der Waals surface area contributed by atoms with Gasteiger partial charge in [-0.15, -0.1) is 0 Å². The molecule has 0 aromatic carbocycles. The average Bonchev–Trinajstić information content (AvgIpc) is 3.08. The largest absolute Gasteiger partial charge is 0.296 e. The van der Waals surface area contributed by atoms with Gasteiger partial charge in [0.2, 0.25) is 0 Å². The van der Waals surface area contributed by atoms with E-state index in [9.17, 15) is 0 Å². The molecule has 3 aromatic rings. The maximum Gasteiger partial charge on any atom is 0.155 e. The zero-order valence-corrected chi connectivity index (χ0v) is 14.5. The summed E-state index contributed by atoms with van der Waals surface area (Å²) in [5.74, 6) is 0. The molecule has 3 heterocycles. The molecule has 6 nitrogen and oxygen atoms in total. The zero-order chi connectivity index (χ0) is 16.6. The quantitative estimate of drug-likeness (QED) is 0.727. The molecule has 0 atom stereocenters. The van der Waals surface area contributed by atoms with E-state index in [2.05, 4.69) is 65.6 Å². The number of pyridine rings is 1. The average molecular weight is 312 g/mol. The second-order valence-corrected chi connectivity index (χ2v) is 6.41. The molecular formula is C17H24N6. The van der Waals surface area contributed by atoms with Crippen molar-refractivity contribution >= 4 is 5.65 Å². The van der Waals surface area contributed by atoms with Crippen molar-refractivity contribution in [3.05, 3.63) is 47.2 Å². The monoisotopic (exact) mass is 312 g/mol. The fraction of sp³-hybridized carbons (Fsp3) is 0.471. The molecule has 0 saturated carbocycles. The number of hydrogen-bond acceptors (Lipinski definition) is 4. The van der Waals surface area contributed by atoms with Crippen molar-refractivity contribution in [2.45, 2.75) is 46.8 Å². The molecule has 3 aromatic heterocycles. The minimum absolute atomic E-state index is 0.386. The van der Waals surface area contributed by atoms with Crippen LogP contribution in [-0.4, -0.2) is 36.3 Å². The molecule has 122 valence electrons. The molecule has 0 aliphatic rings. The maximum atomic E-state index is 4.67. The normalized spacial score (nSPS) is 12.0. The summed E-state index contributed by atoms with van der Waals surface area (Å²) in [7, 11) is 2.13. The summed E-state index contributed by atoms with van der Waals surface area (Å²) >= 11 is 0. The van der Waals surface area contributed by atoms with E-state index in [0.29, 0.717) is 6.04 Å². The summed E-state index contributed by atoms with van der Waals surface area (Å²) in [5, 5.41) is 8.98. The van der Waals surface area contributed by atoms with Crippen molar-refractivity contribution in [2.75, 3.05) is 7.05 Å². The first kappa shape index (κ1) is 15.7. The number of rotatable bonds is 5. The van der Waals surface area contributed by atoms with E-state index < -0.39 is 0 Å². The van der Waals surface area contributed by atoms with Crippen LogP contribution in [0, 0.1) is 13.8 Å². The van der Waals surface area contributed by atoms with Crippen LogP contribution in [0.1, 0.15) is 42.5 Å². The van der Waals surface area contributed by atoms with Gasteiger partial charge in [0, 0.05) is 30.4 Å². The van der Waals surface area contributed by atoms with Crippen LogP contribution >= 0.6 is 0 Å². The Kier molecular flexibility index (Phi) is 4.17. The van der Waals surface area contributed by atoms with E-state index in [0.717, 1.165) is 30.1 Å². The molecule has 0 aliphatic carbocycles. The van der Waals surface area contributed by atoms with Crippen molar-refractivity contribution in [1.82, 2.24) is 29.3 Å². The molecule has 0 aliphatic heterocycles. The van der Waals surface area contributed by atoms with Gasteiger partial charge in [-0.2, -0.15) is 10.2 Å². The minimum Gasteiger partial charge on any atom is -0.296 e. The van der Waals surface area contributed by atoms with E-state index in [1.807, 2.05) is 16.6 Å². The van der Waals surface area contributed by atoms with Crippen LogP contribution in [0.15, 0.2) is 24.5 Å². The Hall–Kier alpha value is -2.21. The lowest BCUT2D eigenvalue weighted by atomic mass is 10.2. The van der Waals surface area contributed by atoms with E-state index in [1.165, 1.54) is 11.3 Å². The maximum absolute atomic E-state index is 4.67. The summed E-state index contributed by atoms with van der Waals surface area (Å²) in [5.41, 5.74) is 5.70. The second kappa shape index (κ2) is 6.12. The van der Waals surface area contributed by atoms with Crippen molar-refractivity contribution < 1.29 is 0 Å². The second-order valence-electron chi connectivity index (χ2n) is 6.41. The topological polar surface area (TPSA) is 51.2 Å². The number of aryl methyl sites for hydroxylation is 1. The first-order chi connectivity index (χ1) is 11.0. The molecule has 0 radical (unpaired) electrons. The standard InChI is InChI=1S/C17H24N6/c1-12(2)22-14(4)16(13(3)20-22)10-21(5)9-15-7-6-8-17-18-11-19-23(15)17/h6-8,11-12H,9-10H2,1-5H3. The molecule has 0 spiro atoms. The Morgan fingerprint density at radius 1 is 1.17 bits per heavy atom. The van der Waals surface area contributed by atoms with Crippen LogP contribution in [0.25, 0.3) is 5.65 Å². The van der Waals surface area contributed by atoms with Gasteiger partial charge in [-0.1, -0.05) is 6.07 Å². The van der Waals surface area contributed by atoms with Crippen molar-refractivity contribution in [3.63, 3.8) is 0 Å². The lowest BCUT2D eigenvalue weighted by Crippen LogP contribution is -2.20.